The highest BCUT2D eigenvalue weighted by molar-refractivity contribution is 6.05. The molecule has 1 aromatic heterocycles. The van der Waals surface area contributed by atoms with Crippen LogP contribution in [0.15, 0.2) is 77.7 Å². The summed E-state index contributed by atoms with van der Waals surface area (Å²) in [6, 6.07) is 20.6. The Morgan fingerprint density at radius 2 is 1.59 bits per heavy atom. The van der Waals surface area contributed by atoms with Gasteiger partial charge in [0.05, 0.1) is 5.69 Å². The van der Waals surface area contributed by atoms with E-state index in [2.05, 4.69) is 48.1 Å². The molecule has 3 aromatic carbocycles. The van der Waals surface area contributed by atoms with Crippen LogP contribution in [-0.4, -0.2) is 82.9 Å². The lowest BCUT2D eigenvalue weighted by Crippen LogP contribution is -2.50. The smallest absolute Gasteiger partial charge is 0.293 e. The van der Waals surface area contributed by atoms with E-state index in [0.29, 0.717) is 22.6 Å². The molecular formula is C39H49N7O3. The van der Waals surface area contributed by atoms with Crippen LogP contribution in [0, 0.1) is 6.92 Å². The SMILES string of the molecule is CCN1CCN(C(C(=O)N(C)C)c2ccc(Nc3nc(-c4cccc(NC(=O)c5ccc(C(C)(C)C)cc5)c4C)cn(C)c3=O)cc2)CC1. The molecular weight excluding hydrogens is 614 g/mol. The van der Waals surface area contributed by atoms with Crippen molar-refractivity contribution in [1.82, 2.24) is 24.3 Å². The van der Waals surface area contributed by atoms with E-state index in [1.807, 2.05) is 73.7 Å². The van der Waals surface area contributed by atoms with Crippen molar-refractivity contribution in [2.75, 3.05) is 57.5 Å². The second kappa shape index (κ2) is 14.8. The number of nitrogens with one attached hydrogen (secondary N) is 2. The van der Waals surface area contributed by atoms with E-state index in [4.69, 9.17) is 4.98 Å². The van der Waals surface area contributed by atoms with E-state index in [9.17, 15) is 14.4 Å². The van der Waals surface area contributed by atoms with E-state index in [-0.39, 0.29) is 34.6 Å². The first-order valence-corrected chi connectivity index (χ1v) is 16.9. The molecule has 1 aliphatic rings. The lowest BCUT2D eigenvalue weighted by atomic mass is 9.86. The summed E-state index contributed by atoms with van der Waals surface area (Å²) < 4.78 is 1.50. The lowest BCUT2D eigenvalue weighted by Gasteiger charge is -2.39. The maximum atomic E-state index is 13.3. The fourth-order valence-corrected chi connectivity index (χ4v) is 6.16. The first-order valence-electron chi connectivity index (χ1n) is 16.9. The van der Waals surface area contributed by atoms with Crippen molar-refractivity contribution >= 4 is 29.0 Å². The number of amides is 2. The van der Waals surface area contributed by atoms with Gasteiger partial charge in [0.2, 0.25) is 5.91 Å². The molecule has 1 saturated heterocycles. The molecule has 2 amide bonds. The standard InChI is InChI=1S/C39H49N7O3/c1-9-45-21-23-46(24-22-45)34(37(48)43(6)7)27-15-19-30(20-16-27)40-35-38(49)44(8)25-33(41-35)31-11-10-12-32(26(31)2)42-36(47)28-13-17-29(18-14-28)39(3,4)5/h10-20,25,34H,9,21-24H2,1-8H3,(H,40,41)(H,42,47). The third-order valence-corrected chi connectivity index (χ3v) is 9.33. The van der Waals surface area contributed by atoms with Gasteiger partial charge in [-0.05, 0) is 65.9 Å². The summed E-state index contributed by atoms with van der Waals surface area (Å²) in [6.07, 6.45) is 1.70. The maximum absolute atomic E-state index is 13.3. The van der Waals surface area contributed by atoms with Gasteiger partial charge in [-0.3, -0.25) is 19.3 Å². The molecule has 49 heavy (non-hydrogen) atoms. The summed E-state index contributed by atoms with van der Waals surface area (Å²) in [5, 5.41) is 6.26. The zero-order valence-electron chi connectivity index (χ0n) is 30.0. The van der Waals surface area contributed by atoms with Gasteiger partial charge in [-0.2, -0.15) is 0 Å². The average molecular weight is 664 g/mol. The summed E-state index contributed by atoms with van der Waals surface area (Å²) in [7, 11) is 5.28. The molecule has 1 aliphatic heterocycles. The predicted molar refractivity (Wildman–Crippen MR) is 198 cm³/mol. The number of carbonyl (C=O) groups excluding carboxylic acids is 2. The summed E-state index contributed by atoms with van der Waals surface area (Å²) in [5.74, 6) is 0.0240. The molecule has 5 rings (SSSR count). The molecule has 2 heterocycles. The van der Waals surface area contributed by atoms with E-state index >= 15 is 0 Å². The monoisotopic (exact) mass is 663 g/mol. The molecule has 0 aliphatic carbocycles. The highest BCUT2D eigenvalue weighted by atomic mass is 16.2. The average Bonchev–Trinajstić information content (AvgIpc) is 3.08. The van der Waals surface area contributed by atoms with Crippen LogP contribution in [0.4, 0.5) is 17.2 Å². The van der Waals surface area contributed by atoms with Gasteiger partial charge in [0.25, 0.3) is 11.5 Å². The Hall–Kier alpha value is -4.80. The second-order valence-corrected chi connectivity index (χ2v) is 14.0. The Morgan fingerprint density at radius 1 is 0.939 bits per heavy atom. The topological polar surface area (TPSA) is 103 Å². The molecule has 10 nitrogen and oxygen atoms in total. The molecule has 0 radical (unpaired) electrons. The number of benzene rings is 3. The van der Waals surface area contributed by atoms with Crippen LogP contribution in [0.2, 0.25) is 0 Å². The quantitative estimate of drug-likeness (QED) is 0.233. The Labute approximate surface area is 289 Å². The van der Waals surface area contributed by atoms with E-state index in [1.54, 1.807) is 32.2 Å². The van der Waals surface area contributed by atoms with Gasteiger partial charge in [-0.15, -0.1) is 0 Å². The largest absolute Gasteiger partial charge is 0.347 e. The molecule has 1 atom stereocenters. The highest BCUT2D eigenvalue weighted by Gasteiger charge is 2.31. The number of hydrogen-bond acceptors (Lipinski definition) is 7. The fourth-order valence-electron chi connectivity index (χ4n) is 6.16. The van der Waals surface area contributed by atoms with E-state index < -0.39 is 0 Å². The number of carbonyl (C=O) groups is 2. The predicted octanol–water partition coefficient (Wildman–Crippen LogP) is 5.82. The van der Waals surface area contributed by atoms with Gasteiger partial charge in [0.15, 0.2) is 5.82 Å². The van der Waals surface area contributed by atoms with Crippen molar-refractivity contribution < 1.29 is 9.59 Å². The van der Waals surface area contributed by atoms with Crippen molar-refractivity contribution in [2.24, 2.45) is 7.05 Å². The zero-order chi connectivity index (χ0) is 35.5. The van der Waals surface area contributed by atoms with Crippen LogP contribution >= 0.6 is 0 Å². The Kier molecular flexibility index (Phi) is 10.7. The normalized spacial score (nSPS) is 14.7. The van der Waals surface area contributed by atoms with Gasteiger partial charge in [-0.1, -0.05) is 64.1 Å². The zero-order valence-corrected chi connectivity index (χ0v) is 30.0. The van der Waals surface area contributed by atoms with Crippen molar-refractivity contribution in [3.63, 3.8) is 0 Å². The molecule has 10 heteroatoms. The second-order valence-electron chi connectivity index (χ2n) is 14.0. The van der Waals surface area contributed by atoms with Gasteiger partial charge < -0.3 is 25.0 Å². The van der Waals surface area contributed by atoms with Crippen LogP contribution in [0.5, 0.6) is 0 Å². The fraction of sp³-hybridized carbons (Fsp3) is 0.385. The summed E-state index contributed by atoms with van der Waals surface area (Å²) >= 11 is 0. The molecule has 0 bridgehead atoms. The number of rotatable bonds is 9. The number of nitrogens with zero attached hydrogens (tertiary/aromatic N) is 5. The third-order valence-electron chi connectivity index (χ3n) is 9.33. The van der Waals surface area contributed by atoms with Crippen LogP contribution < -0.4 is 16.2 Å². The third kappa shape index (κ3) is 8.09. The van der Waals surface area contributed by atoms with Crippen LogP contribution in [0.25, 0.3) is 11.3 Å². The van der Waals surface area contributed by atoms with Crippen LogP contribution in [-0.2, 0) is 17.3 Å². The van der Waals surface area contributed by atoms with Gasteiger partial charge in [-0.25, -0.2) is 4.98 Å². The van der Waals surface area contributed by atoms with Gasteiger partial charge >= 0.3 is 0 Å². The molecule has 258 valence electrons. The first kappa shape index (κ1) is 35.5. The first-order chi connectivity index (χ1) is 23.3. The van der Waals surface area contributed by atoms with Crippen molar-refractivity contribution in [1.29, 1.82) is 0 Å². The molecule has 4 aromatic rings. The Morgan fingerprint density at radius 3 is 2.18 bits per heavy atom. The van der Waals surface area contributed by atoms with Crippen LogP contribution in [0.3, 0.4) is 0 Å². The number of anilines is 3. The Balaban J connectivity index is 1.36. The van der Waals surface area contributed by atoms with Crippen molar-refractivity contribution in [3.8, 4) is 11.3 Å². The molecule has 1 unspecified atom stereocenters. The number of aryl methyl sites for hydroxylation is 1. The van der Waals surface area contributed by atoms with Gasteiger partial charge in [0, 0.05) is 76.0 Å². The van der Waals surface area contributed by atoms with Gasteiger partial charge in [0.1, 0.15) is 6.04 Å². The number of piperazine rings is 1. The number of likely N-dealkylation sites (N-methyl/N-ethyl adjacent to an activating group) is 2. The van der Waals surface area contributed by atoms with Crippen molar-refractivity contribution in [2.45, 2.75) is 46.1 Å². The van der Waals surface area contributed by atoms with E-state index in [1.165, 1.54) is 4.57 Å². The molecule has 1 fully saturated rings. The minimum absolute atomic E-state index is 0.000446. The van der Waals surface area contributed by atoms with Crippen LogP contribution in [0.1, 0.15) is 60.8 Å². The number of aromatic nitrogens is 2. The van der Waals surface area contributed by atoms with E-state index in [0.717, 1.165) is 55.0 Å². The molecule has 0 spiro atoms. The molecule has 0 saturated carbocycles. The minimum atomic E-state index is -0.379. The number of hydrogen-bond donors (Lipinski definition) is 2. The summed E-state index contributed by atoms with van der Waals surface area (Å²) in [6.45, 7) is 15.0. The summed E-state index contributed by atoms with van der Waals surface area (Å²) in [4.78, 5) is 50.7. The summed E-state index contributed by atoms with van der Waals surface area (Å²) in [5.41, 5.74) is 5.94. The molecule has 2 N–H and O–H groups in total. The maximum Gasteiger partial charge on any atom is 0.293 e. The lowest BCUT2D eigenvalue weighted by molar-refractivity contribution is -0.135. The Bertz CT molecular complexity index is 1850. The highest BCUT2D eigenvalue weighted by Crippen LogP contribution is 2.30. The minimum Gasteiger partial charge on any atom is -0.347 e. The van der Waals surface area contributed by atoms with Crippen molar-refractivity contribution in [3.05, 3.63) is 106 Å².